The van der Waals surface area contributed by atoms with E-state index in [0.717, 1.165) is 34.7 Å². The molecule has 0 spiro atoms. The Bertz CT molecular complexity index is 858. The van der Waals surface area contributed by atoms with E-state index in [0.29, 0.717) is 13.2 Å². The van der Waals surface area contributed by atoms with Crippen LogP contribution in [0, 0.1) is 0 Å². The summed E-state index contributed by atoms with van der Waals surface area (Å²) in [6.07, 6.45) is 4.04. The number of para-hydroxylation sites is 1. The van der Waals surface area contributed by atoms with Gasteiger partial charge in [0.25, 0.3) is 0 Å². The average Bonchev–Trinajstić information content (AvgIpc) is 3.05. The largest absolute Gasteiger partial charge is 0.493 e. The predicted octanol–water partition coefficient (Wildman–Crippen LogP) is 3.65. The van der Waals surface area contributed by atoms with Gasteiger partial charge in [-0.1, -0.05) is 18.2 Å². The number of hydrogen-bond acceptors (Lipinski definition) is 3. The van der Waals surface area contributed by atoms with Gasteiger partial charge in [-0.2, -0.15) is 0 Å². The highest BCUT2D eigenvalue weighted by Crippen LogP contribution is 2.30. The highest BCUT2D eigenvalue weighted by Gasteiger charge is 2.22. The zero-order valence-corrected chi connectivity index (χ0v) is 15.0. The molecule has 0 fully saturated rings. The van der Waals surface area contributed by atoms with Crippen molar-refractivity contribution < 1.29 is 14.3 Å². The van der Waals surface area contributed by atoms with Crippen molar-refractivity contribution in [2.75, 3.05) is 23.4 Å². The number of ether oxygens (including phenoxy) is 1. The molecule has 26 heavy (non-hydrogen) atoms. The monoisotopic (exact) mass is 350 g/mol. The first-order valence-electron chi connectivity index (χ1n) is 8.70. The molecule has 0 aromatic heterocycles. The molecule has 1 heterocycles. The van der Waals surface area contributed by atoms with E-state index in [2.05, 4.69) is 5.32 Å². The molecule has 1 N–H and O–H groups in total. The van der Waals surface area contributed by atoms with E-state index >= 15 is 0 Å². The van der Waals surface area contributed by atoms with Crippen molar-refractivity contribution in [3.05, 3.63) is 59.7 Å². The summed E-state index contributed by atoms with van der Waals surface area (Å²) in [6.45, 7) is 4.75. The van der Waals surface area contributed by atoms with Gasteiger partial charge in [-0.3, -0.25) is 9.59 Å². The van der Waals surface area contributed by atoms with E-state index in [-0.39, 0.29) is 11.8 Å². The van der Waals surface area contributed by atoms with Crippen molar-refractivity contribution in [1.29, 1.82) is 0 Å². The molecule has 0 saturated heterocycles. The first-order valence-corrected chi connectivity index (χ1v) is 8.70. The summed E-state index contributed by atoms with van der Waals surface area (Å²) < 4.78 is 5.55. The minimum Gasteiger partial charge on any atom is -0.493 e. The topological polar surface area (TPSA) is 58.6 Å². The maximum Gasteiger partial charge on any atom is 0.248 e. The minimum absolute atomic E-state index is 0.0384. The molecule has 1 aliphatic rings. The Labute approximate surface area is 153 Å². The maximum atomic E-state index is 12.2. The van der Waals surface area contributed by atoms with Gasteiger partial charge in [-0.05, 0) is 49.2 Å². The van der Waals surface area contributed by atoms with Crippen LogP contribution in [0.5, 0.6) is 5.75 Å². The van der Waals surface area contributed by atoms with Crippen LogP contribution in [0.2, 0.25) is 0 Å². The summed E-state index contributed by atoms with van der Waals surface area (Å²) in [4.78, 5) is 25.6. The van der Waals surface area contributed by atoms with Crippen molar-refractivity contribution in [1.82, 2.24) is 0 Å². The Morgan fingerprint density at radius 2 is 2.04 bits per heavy atom. The number of anilines is 2. The summed E-state index contributed by atoms with van der Waals surface area (Å²) >= 11 is 0. The second-order valence-electron chi connectivity index (χ2n) is 6.06. The molecule has 3 rings (SSSR count). The number of amides is 2. The second kappa shape index (κ2) is 7.87. The molecule has 0 atom stereocenters. The van der Waals surface area contributed by atoms with Crippen molar-refractivity contribution in [2.45, 2.75) is 20.3 Å². The summed E-state index contributed by atoms with van der Waals surface area (Å²) in [5.74, 6) is 0.579. The Kier molecular flexibility index (Phi) is 5.37. The third kappa shape index (κ3) is 3.94. The van der Waals surface area contributed by atoms with Crippen LogP contribution in [-0.4, -0.2) is 25.0 Å². The number of nitrogens with zero attached hydrogens (tertiary/aromatic N) is 1. The third-order valence-corrected chi connectivity index (χ3v) is 4.26. The third-order valence-electron chi connectivity index (χ3n) is 4.26. The van der Waals surface area contributed by atoms with Crippen LogP contribution in [-0.2, 0) is 16.0 Å². The number of rotatable bonds is 5. The van der Waals surface area contributed by atoms with Gasteiger partial charge in [0, 0.05) is 36.5 Å². The first-order chi connectivity index (χ1) is 12.6. The molecule has 0 bridgehead atoms. The quantitative estimate of drug-likeness (QED) is 0.838. The number of hydrogen-bond donors (Lipinski definition) is 1. The second-order valence-corrected chi connectivity index (χ2v) is 6.06. The fourth-order valence-corrected chi connectivity index (χ4v) is 3.06. The molecule has 1 aliphatic heterocycles. The van der Waals surface area contributed by atoms with Crippen LogP contribution in [0.15, 0.2) is 48.5 Å². The smallest absolute Gasteiger partial charge is 0.248 e. The lowest BCUT2D eigenvalue weighted by Gasteiger charge is -2.14. The lowest BCUT2D eigenvalue weighted by Crippen LogP contribution is -2.25. The Morgan fingerprint density at radius 3 is 2.81 bits per heavy atom. The van der Waals surface area contributed by atoms with Crippen molar-refractivity contribution in [3.63, 3.8) is 0 Å². The molecule has 2 aromatic rings. The van der Waals surface area contributed by atoms with Gasteiger partial charge in [0.15, 0.2) is 0 Å². The highest BCUT2D eigenvalue weighted by atomic mass is 16.5. The molecule has 0 radical (unpaired) electrons. The number of nitrogens with one attached hydrogen (secondary N) is 1. The molecule has 134 valence electrons. The Hall–Kier alpha value is -3.08. The molecule has 2 aromatic carbocycles. The van der Waals surface area contributed by atoms with Crippen LogP contribution in [0.3, 0.4) is 0 Å². The standard InChI is InChI=1S/C21H22N2O3/c1-3-26-20-7-5-4-6-16(20)8-11-21(25)22-18-9-10-19-17(14-18)12-13-23(19)15(2)24/h4-11,14H,3,12-13H2,1-2H3,(H,22,25)/b11-8+. The fraction of sp³-hybridized carbons (Fsp3) is 0.238. The van der Waals surface area contributed by atoms with Crippen molar-refractivity contribution in [2.24, 2.45) is 0 Å². The van der Waals surface area contributed by atoms with E-state index in [4.69, 9.17) is 4.74 Å². The van der Waals surface area contributed by atoms with Crippen LogP contribution in [0.1, 0.15) is 25.0 Å². The highest BCUT2D eigenvalue weighted by molar-refractivity contribution is 6.02. The Balaban J connectivity index is 1.69. The molecule has 5 nitrogen and oxygen atoms in total. The van der Waals surface area contributed by atoms with Crippen molar-refractivity contribution in [3.8, 4) is 5.75 Å². The fourth-order valence-electron chi connectivity index (χ4n) is 3.06. The lowest BCUT2D eigenvalue weighted by molar-refractivity contribution is -0.116. The number of carbonyl (C=O) groups is 2. The number of carbonyl (C=O) groups excluding carboxylic acids is 2. The Morgan fingerprint density at radius 1 is 1.23 bits per heavy atom. The summed E-state index contributed by atoms with van der Waals surface area (Å²) in [5.41, 5.74) is 3.58. The van der Waals surface area contributed by atoms with Gasteiger partial charge >= 0.3 is 0 Å². The molecular formula is C21H22N2O3. The molecular weight excluding hydrogens is 328 g/mol. The average molecular weight is 350 g/mol. The van der Waals surface area contributed by atoms with Crippen LogP contribution in [0.25, 0.3) is 6.08 Å². The van der Waals surface area contributed by atoms with E-state index in [1.807, 2.05) is 49.4 Å². The van der Waals surface area contributed by atoms with E-state index in [1.54, 1.807) is 17.9 Å². The first kappa shape index (κ1) is 17.7. The van der Waals surface area contributed by atoms with Gasteiger partial charge in [0.05, 0.1) is 6.61 Å². The van der Waals surface area contributed by atoms with Gasteiger partial charge in [0.1, 0.15) is 5.75 Å². The predicted molar refractivity (Wildman–Crippen MR) is 103 cm³/mol. The normalized spacial score (nSPS) is 12.9. The van der Waals surface area contributed by atoms with Crippen LogP contribution >= 0.6 is 0 Å². The van der Waals surface area contributed by atoms with Gasteiger partial charge in [-0.15, -0.1) is 0 Å². The van der Waals surface area contributed by atoms with Gasteiger partial charge in [0.2, 0.25) is 11.8 Å². The van der Waals surface area contributed by atoms with Crippen LogP contribution < -0.4 is 15.0 Å². The maximum absolute atomic E-state index is 12.2. The summed E-state index contributed by atoms with van der Waals surface area (Å²) in [6, 6.07) is 13.2. The molecule has 2 amide bonds. The SMILES string of the molecule is CCOc1ccccc1/C=C/C(=O)Nc1ccc2c(c1)CCN2C(C)=O. The minimum atomic E-state index is -0.210. The van der Waals surface area contributed by atoms with Crippen LogP contribution in [0.4, 0.5) is 11.4 Å². The molecule has 0 unspecified atom stereocenters. The van der Waals surface area contributed by atoms with E-state index < -0.39 is 0 Å². The molecule has 5 heteroatoms. The number of benzene rings is 2. The molecule has 0 saturated carbocycles. The number of fused-ring (bicyclic) bond motifs is 1. The lowest BCUT2D eigenvalue weighted by atomic mass is 10.1. The summed E-state index contributed by atoms with van der Waals surface area (Å²) in [7, 11) is 0. The van der Waals surface area contributed by atoms with Crippen molar-refractivity contribution >= 4 is 29.3 Å². The summed E-state index contributed by atoms with van der Waals surface area (Å²) in [5, 5.41) is 2.87. The van der Waals surface area contributed by atoms with Gasteiger partial charge in [-0.25, -0.2) is 0 Å². The van der Waals surface area contributed by atoms with Gasteiger partial charge < -0.3 is 15.0 Å². The zero-order chi connectivity index (χ0) is 18.5. The zero-order valence-electron chi connectivity index (χ0n) is 15.0. The molecule has 0 aliphatic carbocycles. The van der Waals surface area contributed by atoms with E-state index in [1.165, 1.54) is 6.08 Å². The van der Waals surface area contributed by atoms with E-state index in [9.17, 15) is 9.59 Å².